The van der Waals surface area contributed by atoms with Gasteiger partial charge in [0.25, 0.3) is 11.6 Å². The highest BCUT2D eigenvalue weighted by Gasteiger charge is 2.25. The van der Waals surface area contributed by atoms with Crippen molar-refractivity contribution in [3.63, 3.8) is 0 Å². The zero-order chi connectivity index (χ0) is 22.1. The van der Waals surface area contributed by atoms with Crippen molar-refractivity contribution in [1.82, 2.24) is 19.5 Å². The fourth-order valence-corrected chi connectivity index (χ4v) is 3.89. The van der Waals surface area contributed by atoms with Gasteiger partial charge in [-0.1, -0.05) is 0 Å². The Morgan fingerprint density at radius 2 is 2.03 bits per heavy atom. The summed E-state index contributed by atoms with van der Waals surface area (Å²) >= 11 is 0. The van der Waals surface area contributed by atoms with Gasteiger partial charge in [-0.2, -0.15) is 4.98 Å². The fraction of sp³-hybridized carbons (Fsp3) is 0.318. The lowest BCUT2D eigenvalue weighted by Gasteiger charge is -2.33. The SMILES string of the molecule is Cn1c(OC2CCN(c3ccc4c(c3)COC(O)=[NH+]4)CC2)nc(-c2ccncn2)cc1=O. The van der Waals surface area contributed by atoms with E-state index in [1.165, 1.54) is 17.0 Å². The Balaban J connectivity index is 1.28. The summed E-state index contributed by atoms with van der Waals surface area (Å²) in [6, 6.07) is 9.50. The van der Waals surface area contributed by atoms with Crippen LogP contribution in [-0.4, -0.2) is 49.9 Å². The summed E-state index contributed by atoms with van der Waals surface area (Å²) < 4.78 is 12.7. The van der Waals surface area contributed by atoms with Gasteiger partial charge in [0.2, 0.25) is 5.69 Å². The summed E-state index contributed by atoms with van der Waals surface area (Å²) in [4.78, 5) is 30.1. The molecule has 2 aromatic heterocycles. The van der Waals surface area contributed by atoms with E-state index in [1.807, 2.05) is 12.1 Å². The molecule has 0 saturated carbocycles. The Labute approximate surface area is 183 Å². The zero-order valence-electron chi connectivity index (χ0n) is 17.6. The first-order valence-corrected chi connectivity index (χ1v) is 10.4. The number of piperidine rings is 1. The summed E-state index contributed by atoms with van der Waals surface area (Å²) in [6.45, 7) is 1.97. The predicted molar refractivity (Wildman–Crippen MR) is 116 cm³/mol. The number of hydrogen-bond donors (Lipinski definition) is 2. The van der Waals surface area contributed by atoms with Crippen LogP contribution in [0.25, 0.3) is 11.4 Å². The minimum absolute atomic E-state index is 0.0424. The van der Waals surface area contributed by atoms with E-state index < -0.39 is 0 Å². The monoisotopic (exact) mass is 435 g/mol. The number of ether oxygens (including phenoxy) is 2. The van der Waals surface area contributed by atoms with Crippen LogP contribution in [0.15, 0.2) is 47.7 Å². The van der Waals surface area contributed by atoms with Crippen LogP contribution in [-0.2, 0) is 18.4 Å². The molecule has 164 valence electrons. The number of benzene rings is 1. The van der Waals surface area contributed by atoms with E-state index in [0.29, 0.717) is 18.0 Å². The maximum absolute atomic E-state index is 12.4. The third-order valence-corrected chi connectivity index (χ3v) is 5.71. The van der Waals surface area contributed by atoms with Crippen LogP contribution in [0.5, 0.6) is 6.01 Å². The summed E-state index contributed by atoms with van der Waals surface area (Å²) in [5.41, 5.74) is 3.80. The maximum atomic E-state index is 12.4. The number of hydrogen-bond acceptors (Lipinski definition) is 7. The number of aliphatic hydroxyl groups excluding tert-OH is 1. The highest BCUT2D eigenvalue weighted by Crippen LogP contribution is 2.26. The van der Waals surface area contributed by atoms with Gasteiger partial charge in [0.15, 0.2) is 0 Å². The zero-order valence-corrected chi connectivity index (χ0v) is 17.6. The van der Waals surface area contributed by atoms with Crippen LogP contribution in [0.2, 0.25) is 0 Å². The summed E-state index contributed by atoms with van der Waals surface area (Å²) in [5, 5.41) is 9.47. The van der Waals surface area contributed by atoms with E-state index in [4.69, 9.17) is 9.47 Å². The molecule has 4 heterocycles. The number of rotatable bonds is 4. The fourth-order valence-electron chi connectivity index (χ4n) is 3.89. The first-order valence-electron chi connectivity index (χ1n) is 10.4. The Morgan fingerprint density at radius 1 is 1.19 bits per heavy atom. The second-order valence-corrected chi connectivity index (χ2v) is 7.78. The minimum Gasteiger partial charge on any atom is -0.461 e. The van der Waals surface area contributed by atoms with Crippen LogP contribution in [0.1, 0.15) is 18.4 Å². The first kappa shape index (κ1) is 20.0. The summed E-state index contributed by atoms with van der Waals surface area (Å²) in [5.74, 6) is 0. The van der Waals surface area contributed by atoms with Gasteiger partial charge in [0.1, 0.15) is 19.0 Å². The number of nitrogens with one attached hydrogen (secondary N) is 1. The Bertz CT molecular complexity index is 1220. The van der Waals surface area contributed by atoms with Gasteiger partial charge in [-0.25, -0.2) is 9.97 Å². The molecular weight excluding hydrogens is 412 g/mol. The molecule has 0 spiro atoms. The topological polar surface area (TPSA) is 117 Å². The Morgan fingerprint density at radius 3 is 2.81 bits per heavy atom. The van der Waals surface area contributed by atoms with Crippen molar-refractivity contribution in [3.05, 3.63) is 58.8 Å². The smallest absolute Gasteiger partial charge is 0.461 e. The van der Waals surface area contributed by atoms with Crippen molar-refractivity contribution in [2.45, 2.75) is 25.6 Å². The predicted octanol–water partition coefficient (Wildman–Crippen LogP) is 0.441. The van der Waals surface area contributed by atoms with Crippen molar-refractivity contribution in [2.75, 3.05) is 18.0 Å². The number of aliphatic hydroxyl groups is 1. The molecule has 0 radical (unpaired) electrons. The molecule has 0 unspecified atom stereocenters. The molecule has 5 rings (SSSR count). The van der Waals surface area contributed by atoms with Crippen LogP contribution >= 0.6 is 0 Å². The van der Waals surface area contributed by atoms with Crippen LogP contribution in [0, 0.1) is 0 Å². The van der Waals surface area contributed by atoms with Gasteiger partial charge in [-0.3, -0.25) is 9.36 Å². The molecule has 1 saturated heterocycles. The highest BCUT2D eigenvalue weighted by atomic mass is 16.6. The average molecular weight is 435 g/mol. The number of nitrogens with zero attached hydrogens (tertiary/aromatic N) is 5. The van der Waals surface area contributed by atoms with E-state index in [2.05, 4.69) is 30.9 Å². The quantitative estimate of drug-likeness (QED) is 0.607. The van der Waals surface area contributed by atoms with Gasteiger partial charge in [0.05, 0.1) is 17.0 Å². The molecule has 0 atom stereocenters. The maximum Gasteiger partial charge on any atom is 0.551 e. The minimum atomic E-state index is -0.200. The third kappa shape index (κ3) is 3.98. The lowest BCUT2D eigenvalue weighted by Crippen LogP contribution is -2.69. The van der Waals surface area contributed by atoms with E-state index in [-0.39, 0.29) is 23.8 Å². The second-order valence-electron chi connectivity index (χ2n) is 7.78. The molecule has 10 nitrogen and oxygen atoms in total. The molecule has 0 bridgehead atoms. The normalized spacial score (nSPS) is 16.2. The number of fused-ring (bicyclic) bond motifs is 1. The van der Waals surface area contributed by atoms with Crippen molar-refractivity contribution in [1.29, 1.82) is 0 Å². The van der Waals surface area contributed by atoms with Crippen LogP contribution < -0.4 is 20.2 Å². The second kappa shape index (κ2) is 8.29. The summed E-state index contributed by atoms with van der Waals surface area (Å²) in [7, 11) is 1.65. The van der Waals surface area contributed by atoms with E-state index in [9.17, 15) is 9.90 Å². The molecule has 2 aliphatic rings. The molecule has 10 heteroatoms. The van der Waals surface area contributed by atoms with Gasteiger partial charge in [0, 0.05) is 57.0 Å². The molecular formula is C22H23N6O4+. The Kier molecular flexibility index (Phi) is 5.18. The lowest BCUT2D eigenvalue weighted by molar-refractivity contribution is -0.390. The van der Waals surface area contributed by atoms with Gasteiger partial charge < -0.3 is 19.5 Å². The lowest BCUT2D eigenvalue weighted by atomic mass is 10.1. The molecule has 0 aliphatic carbocycles. The molecule has 0 amide bonds. The van der Waals surface area contributed by atoms with Crippen LogP contribution in [0.3, 0.4) is 0 Å². The van der Waals surface area contributed by atoms with Crippen molar-refractivity contribution in [3.8, 4) is 17.4 Å². The standard InChI is InChI=1S/C22H22N6O4/c1-27-20(29)11-19(18-4-7-23-13-24-18)25-21(27)32-16-5-8-28(9-6-16)15-2-3-17-14(10-15)12-31-22(30)26-17/h2-4,7,10-11,13,16H,5-6,8-9,12H2,1H3,(H,26,30)/p+1. The van der Waals surface area contributed by atoms with Crippen LogP contribution in [0.4, 0.5) is 11.4 Å². The third-order valence-electron chi connectivity index (χ3n) is 5.71. The summed E-state index contributed by atoms with van der Waals surface area (Å²) in [6.07, 6.45) is 4.42. The van der Waals surface area contributed by atoms with Crippen molar-refractivity contribution >= 4 is 17.5 Å². The molecule has 1 aromatic carbocycles. The van der Waals surface area contributed by atoms with E-state index in [0.717, 1.165) is 42.9 Å². The molecule has 3 aromatic rings. The van der Waals surface area contributed by atoms with Crippen molar-refractivity contribution in [2.24, 2.45) is 7.05 Å². The van der Waals surface area contributed by atoms with Gasteiger partial charge in [-0.15, -0.1) is 4.99 Å². The highest BCUT2D eigenvalue weighted by molar-refractivity contribution is 5.64. The van der Waals surface area contributed by atoms with E-state index in [1.54, 1.807) is 19.3 Å². The molecule has 2 aliphatic heterocycles. The van der Waals surface area contributed by atoms with Crippen molar-refractivity contribution < 1.29 is 19.6 Å². The molecule has 32 heavy (non-hydrogen) atoms. The largest absolute Gasteiger partial charge is 0.551 e. The number of anilines is 1. The van der Waals surface area contributed by atoms with Gasteiger partial charge >= 0.3 is 6.08 Å². The van der Waals surface area contributed by atoms with Gasteiger partial charge in [-0.05, 0) is 18.2 Å². The first-order chi connectivity index (χ1) is 15.6. The molecule has 2 N–H and O–H groups in total. The Hall–Kier alpha value is -3.95. The molecule has 1 fully saturated rings. The number of aromatic nitrogens is 4. The van der Waals surface area contributed by atoms with E-state index >= 15 is 0 Å². The average Bonchev–Trinajstić information content (AvgIpc) is 2.82.